The van der Waals surface area contributed by atoms with Gasteiger partial charge in [-0.1, -0.05) is 45.2 Å². The van der Waals surface area contributed by atoms with Gasteiger partial charge in [0.25, 0.3) is 0 Å². The Labute approximate surface area is 196 Å². The lowest BCUT2D eigenvalue weighted by molar-refractivity contribution is 0.0374. The maximum atomic E-state index is 6.08. The summed E-state index contributed by atoms with van der Waals surface area (Å²) < 4.78 is 17.9. The van der Waals surface area contributed by atoms with Crippen molar-refractivity contribution in [2.75, 3.05) is 46.5 Å². The van der Waals surface area contributed by atoms with Gasteiger partial charge < -0.3 is 19.5 Å². The van der Waals surface area contributed by atoms with Gasteiger partial charge in [-0.2, -0.15) is 0 Å². The van der Waals surface area contributed by atoms with E-state index in [2.05, 4.69) is 26.1 Å². The highest BCUT2D eigenvalue weighted by atomic mass is 79.9. The van der Waals surface area contributed by atoms with Gasteiger partial charge in [0.1, 0.15) is 6.61 Å². The van der Waals surface area contributed by atoms with E-state index in [9.17, 15) is 0 Å². The molecule has 0 amide bonds. The molecule has 8 heteroatoms. The number of nitrogens with one attached hydrogen (secondary N) is 1. The van der Waals surface area contributed by atoms with E-state index in [1.54, 1.807) is 19.2 Å². The Kier molecular flexibility index (Phi) is 9.56. The number of hydrogen-bond acceptors (Lipinski definition) is 5. The van der Waals surface area contributed by atoms with Gasteiger partial charge in [0.15, 0.2) is 11.5 Å². The molecule has 164 valence electrons. The second-order valence-electron chi connectivity index (χ2n) is 7.12. The summed E-state index contributed by atoms with van der Waals surface area (Å²) >= 11 is 15.7. The number of benzene rings is 2. The van der Waals surface area contributed by atoms with Crippen LogP contribution in [0.1, 0.15) is 17.5 Å². The van der Waals surface area contributed by atoms with Crippen molar-refractivity contribution in [1.82, 2.24) is 10.2 Å². The van der Waals surface area contributed by atoms with Crippen molar-refractivity contribution in [3.63, 3.8) is 0 Å². The summed E-state index contributed by atoms with van der Waals surface area (Å²) in [5.74, 6) is 1.37. The highest BCUT2D eigenvalue weighted by Gasteiger charge is 2.12. The summed E-state index contributed by atoms with van der Waals surface area (Å²) in [6, 6.07) is 9.42. The molecule has 30 heavy (non-hydrogen) atoms. The highest BCUT2D eigenvalue weighted by Crippen LogP contribution is 2.34. The van der Waals surface area contributed by atoms with Crippen LogP contribution in [0.4, 0.5) is 0 Å². The van der Waals surface area contributed by atoms with Crippen LogP contribution in [-0.4, -0.2) is 51.4 Å². The molecule has 1 saturated heterocycles. The van der Waals surface area contributed by atoms with Crippen LogP contribution in [-0.2, 0) is 17.9 Å². The van der Waals surface area contributed by atoms with E-state index in [0.29, 0.717) is 28.2 Å². The second-order valence-corrected chi connectivity index (χ2v) is 8.78. The minimum absolute atomic E-state index is 0.374. The fraction of sp³-hybridized carbons (Fsp3) is 0.455. The van der Waals surface area contributed by atoms with Crippen molar-refractivity contribution in [3.8, 4) is 11.5 Å². The van der Waals surface area contributed by atoms with Crippen molar-refractivity contribution in [2.24, 2.45) is 0 Å². The van der Waals surface area contributed by atoms with E-state index in [-0.39, 0.29) is 0 Å². The molecule has 1 heterocycles. The Bertz CT molecular complexity index is 832. The molecule has 2 aromatic carbocycles. The molecule has 1 fully saturated rings. The Morgan fingerprint density at radius 1 is 1.10 bits per heavy atom. The van der Waals surface area contributed by atoms with Gasteiger partial charge in [0.2, 0.25) is 0 Å². The maximum Gasteiger partial charge on any atom is 0.162 e. The minimum atomic E-state index is 0.374. The minimum Gasteiger partial charge on any atom is -0.493 e. The fourth-order valence-electron chi connectivity index (χ4n) is 3.25. The molecule has 1 N–H and O–H groups in total. The van der Waals surface area contributed by atoms with Crippen molar-refractivity contribution in [3.05, 3.63) is 56.0 Å². The van der Waals surface area contributed by atoms with Crippen LogP contribution >= 0.6 is 39.1 Å². The molecule has 1 aliphatic rings. The Hall–Kier alpha value is -1.02. The fourth-order valence-corrected chi connectivity index (χ4v) is 4.03. The van der Waals surface area contributed by atoms with Crippen molar-refractivity contribution in [1.29, 1.82) is 0 Å². The Balaban J connectivity index is 1.50. The van der Waals surface area contributed by atoms with Gasteiger partial charge in [-0.25, -0.2) is 0 Å². The van der Waals surface area contributed by atoms with E-state index in [1.165, 1.54) is 0 Å². The molecule has 3 rings (SSSR count). The zero-order valence-corrected chi connectivity index (χ0v) is 20.2. The van der Waals surface area contributed by atoms with E-state index < -0.39 is 0 Å². The van der Waals surface area contributed by atoms with Crippen molar-refractivity contribution >= 4 is 39.1 Å². The molecule has 2 aromatic rings. The van der Waals surface area contributed by atoms with Gasteiger partial charge in [0, 0.05) is 24.1 Å². The van der Waals surface area contributed by atoms with Crippen LogP contribution in [0, 0.1) is 0 Å². The first-order valence-corrected chi connectivity index (χ1v) is 11.6. The molecule has 0 bridgehead atoms. The summed E-state index contributed by atoms with van der Waals surface area (Å²) in [6.07, 6.45) is 1.11. The highest BCUT2D eigenvalue weighted by molar-refractivity contribution is 9.10. The molecule has 0 saturated carbocycles. The average molecular weight is 518 g/mol. The SMILES string of the molecule is COc1cc(CNCCCN2CCOCC2)c(Br)cc1OCc1ccc(Cl)c(Cl)c1. The van der Waals surface area contributed by atoms with E-state index in [0.717, 1.165) is 68.0 Å². The molecule has 5 nitrogen and oxygen atoms in total. The number of nitrogens with zero attached hydrogens (tertiary/aromatic N) is 1. The molecule has 0 unspecified atom stereocenters. The zero-order chi connectivity index (χ0) is 21.3. The first-order valence-electron chi connectivity index (χ1n) is 10.0. The number of rotatable bonds is 10. The molecule has 0 atom stereocenters. The predicted octanol–water partition coefficient (Wildman–Crippen LogP) is 5.16. The van der Waals surface area contributed by atoms with Crippen LogP contribution in [0.2, 0.25) is 10.0 Å². The number of hydrogen-bond donors (Lipinski definition) is 1. The normalized spacial score (nSPS) is 14.7. The monoisotopic (exact) mass is 516 g/mol. The lowest BCUT2D eigenvalue weighted by atomic mass is 10.2. The van der Waals surface area contributed by atoms with Crippen LogP contribution in [0.25, 0.3) is 0 Å². The topological polar surface area (TPSA) is 43.0 Å². The lowest BCUT2D eigenvalue weighted by Crippen LogP contribution is -2.37. The van der Waals surface area contributed by atoms with E-state index in [4.69, 9.17) is 37.4 Å². The maximum absolute atomic E-state index is 6.08. The third kappa shape index (κ3) is 7.01. The smallest absolute Gasteiger partial charge is 0.162 e. The number of methoxy groups -OCH3 is 1. The van der Waals surface area contributed by atoms with Gasteiger partial charge in [-0.15, -0.1) is 0 Å². The lowest BCUT2D eigenvalue weighted by Gasteiger charge is -2.26. The van der Waals surface area contributed by atoms with Gasteiger partial charge in [0.05, 0.1) is 30.4 Å². The molecular formula is C22H27BrCl2N2O3. The number of halogens is 3. The first kappa shape index (κ1) is 23.6. The molecule has 0 aromatic heterocycles. The van der Waals surface area contributed by atoms with Crippen LogP contribution in [0.5, 0.6) is 11.5 Å². The van der Waals surface area contributed by atoms with Gasteiger partial charge in [-0.3, -0.25) is 4.90 Å². The largest absolute Gasteiger partial charge is 0.493 e. The van der Waals surface area contributed by atoms with Crippen molar-refractivity contribution < 1.29 is 14.2 Å². The number of morpholine rings is 1. The zero-order valence-electron chi connectivity index (χ0n) is 17.1. The van der Waals surface area contributed by atoms with Crippen molar-refractivity contribution in [2.45, 2.75) is 19.6 Å². The first-order chi connectivity index (χ1) is 14.6. The predicted molar refractivity (Wildman–Crippen MR) is 125 cm³/mol. The standard InChI is InChI=1S/C22H27BrCl2N2O3/c1-28-21-12-17(14-26-5-2-6-27-7-9-29-10-8-27)18(23)13-22(21)30-15-16-3-4-19(24)20(25)11-16/h3-4,11-13,26H,2,5-10,14-15H2,1H3. The van der Waals surface area contributed by atoms with Crippen LogP contribution < -0.4 is 14.8 Å². The Morgan fingerprint density at radius 2 is 1.90 bits per heavy atom. The molecule has 0 aliphatic carbocycles. The average Bonchev–Trinajstić information content (AvgIpc) is 2.76. The summed E-state index contributed by atoms with van der Waals surface area (Å²) in [6.45, 7) is 6.95. The summed E-state index contributed by atoms with van der Waals surface area (Å²) in [5.41, 5.74) is 2.06. The number of ether oxygens (including phenoxy) is 3. The molecule has 0 radical (unpaired) electrons. The molecule has 1 aliphatic heterocycles. The molecule has 0 spiro atoms. The molecular weight excluding hydrogens is 491 g/mol. The summed E-state index contributed by atoms with van der Waals surface area (Å²) in [4.78, 5) is 2.45. The van der Waals surface area contributed by atoms with Gasteiger partial charge >= 0.3 is 0 Å². The quantitative estimate of drug-likeness (QED) is 0.441. The summed E-state index contributed by atoms with van der Waals surface area (Å²) in [7, 11) is 1.65. The van der Waals surface area contributed by atoms with Crippen LogP contribution in [0.15, 0.2) is 34.8 Å². The summed E-state index contributed by atoms with van der Waals surface area (Å²) in [5, 5.41) is 4.56. The van der Waals surface area contributed by atoms with E-state index >= 15 is 0 Å². The third-order valence-electron chi connectivity index (χ3n) is 4.96. The van der Waals surface area contributed by atoms with Crippen LogP contribution in [0.3, 0.4) is 0 Å². The van der Waals surface area contributed by atoms with E-state index in [1.807, 2.05) is 18.2 Å². The second kappa shape index (κ2) is 12.1. The Morgan fingerprint density at radius 3 is 2.63 bits per heavy atom. The third-order valence-corrected chi connectivity index (χ3v) is 6.44. The van der Waals surface area contributed by atoms with Gasteiger partial charge in [-0.05, 0) is 54.9 Å².